The summed E-state index contributed by atoms with van der Waals surface area (Å²) in [6.07, 6.45) is -0.355. The van der Waals surface area contributed by atoms with Crippen molar-refractivity contribution in [2.45, 2.75) is 58.0 Å². The number of nitrogens with one attached hydrogen (secondary N) is 1. The minimum absolute atomic E-state index is 0.0477. The van der Waals surface area contributed by atoms with Crippen LogP contribution in [0.15, 0.2) is 24.3 Å². The number of aryl methyl sites for hydroxylation is 2. The lowest BCUT2D eigenvalue weighted by Gasteiger charge is -2.30. The topological polar surface area (TPSA) is 68.0 Å². The molecule has 3 N–H and O–H groups in total. The molecule has 4 nitrogen and oxygen atoms in total. The fraction of sp³-hybridized carbons (Fsp3) is 0.478. The molecule has 31 heavy (non-hydrogen) atoms. The van der Waals surface area contributed by atoms with E-state index in [4.69, 9.17) is 17.3 Å². The summed E-state index contributed by atoms with van der Waals surface area (Å²) >= 11 is 6.29. The number of aromatic nitrogens is 1. The van der Waals surface area contributed by atoms with E-state index in [0.29, 0.717) is 11.5 Å². The van der Waals surface area contributed by atoms with E-state index in [9.17, 15) is 18.0 Å². The minimum atomic E-state index is -4.56. The Morgan fingerprint density at radius 1 is 1.16 bits per heavy atom. The predicted octanol–water partition coefficient (Wildman–Crippen LogP) is 6.25. The number of amides is 1. The van der Waals surface area contributed by atoms with E-state index >= 15 is 0 Å². The van der Waals surface area contributed by atoms with Gasteiger partial charge in [-0.15, -0.1) is 0 Å². The van der Waals surface area contributed by atoms with Gasteiger partial charge < -0.3 is 11.1 Å². The lowest BCUT2D eigenvalue weighted by molar-refractivity contribution is -0.137. The molecule has 0 bridgehead atoms. The molecule has 0 aliphatic heterocycles. The largest absolute Gasteiger partial charge is 0.416 e. The molecule has 0 saturated heterocycles. The molecule has 1 saturated carbocycles. The molecule has 2 aromatic rings. The van der Waals surface area contributed by atoms with Gasteiger partial charge in [-0.2, -0.15) is 13.2 Å². The highest BCUT2D eigenvalue weighted by atomic mass is 35.5. The van der Waals surface area contributed by atoms with Crippen LogP contribution in [0.4, 0.5) is 19.0 Å². The van der Waals surface area contributed by atoms with Crippen molar-refractivity contribution in [3.8, 4) is 0 Å². The summed E-state index contributed by atoms with van der Waals surface area (Å²) in [7, 11) is 0. The number of hydrogen-bond acceptors (Lipinski definition) is 3. The van der Waals surface area contributed by atoms with E-state index < -0.39 is 17.6 Å². The highest BCUT2D eigenvalue weighted by Gasteiger charge is 2.34. The number of anilines is 1. The van der Waals surface area contributed by atoms with E-state index in [1.807, 2.05) is 26.0 Å². The average molecular weight is 454 g/mol. The first-order chi connectivity index (χ1) is 14.5. The molecule has 1 heterocycles. The van der Waals surface area contributed by atoms with E-state index in [1.54, 1.807) is 0 Å². The summed E-state index contributed by atoms with van der Waals surface area (Å²) in [5, 5.41) is 3.41. The SMILES string of the molecule is Cc1cc(C)nc(NCCC2CCC(c3cc(C(F)(F)F)cc(C(N)=O)c3Cl)CC2)c1. The van der Waals surface area contributed by atoms with Gasteiger partial charge in [-0.1, -0.05) is 11.6 Å². The summed E-state index contributed by atoms with van der Waals surface area (Å²) in [5.41, 5.74) is 6.62. The van der Waals surface area contributed by atoms with Crippen LogP contribution in [0, 0.1) is 19.8 Å². The number of benzene rings is 1. The Balaban J connectivity index is 1.62. The van der Waals surface area contributed by atoms with Crippen molar-refractivity contribution in [1.82, 2.24) is 4.98 Å². The third-order valence-corrected chi connectivity index (χ3v) is 6.36. The number of hydrogen-bond donors (Lipinski definition) is 2. The molecule has 1 aliphatic carbocycles. The van der Waals surface area contributed by atoms with Gasteiger partial charge in [0, 0.05) is 12.2 Å². The molecule has 8 heteroatoms. The summed E-state index contributed by atoms with van der Waals surface area (Å²) in [5.74, 6) is 0.283. The Morgan fingerprint density at radius 2 is 1.84 bits per heavy atom. The van der Waals surface area contributed by atoms with E-state index in [1.165, 1.54) is 0 Å². The van der Waals surface area contributed by atoms with Gasteiger partial charge in [0.05, 0.1) is 16.1 Å². The maximum atomic E-state index is 13.3. The number of nitrogens with two attached hydrogens (primary N) is 1. The quantitative estimate of drug-likeness (QED) is 0.543. The molecule has 1 aromatic carbocycles. The van der Waals surface area contributed by atoms with Gasteiger partial charge in [0.25, 0.3) is 0 Å². The second-order valence-electron chi connectivity index (χ2n) is 8.39. The number of nitrogens with zero attached hydrogens (tertiary/aromatic N) is 1. The average Bonchev–Trinajstić information content (AvgIpc) is 2.67. The smallest absolute Gasteiger partial charge is 0.370 e. The van der Waals surface area contributed by atoms with Crippen molar-refractivity contribution in [3.63, 3.8) is 0 Å². The van der Waals surface area contributed by atoms with Crippen molar-refractivity contribution < 1.29 is 18.0 Å². The van der Waals surface area contributed by atoms with Crippen LogP contribution in [-0.4, -0.2) is 17.4 Å². The zero-order valence-corrected chi connectivity index (χ0v) is 18.4. The number of halogens is 4. The zero-order valence-electron chi connectivity index (χ0n) is 17.7. The van der Waals surface area contributed by atoms with Crippen molar-refractivity contribution in [3.05, 3.63) is 57.2 Å². The second-order valence-corrected chi connectivity index (χ2v) is 8.77. The fourth-order valence-electron chi connectivity index (χ4n) is 4.39. The number of carbonyl (C=O) groups is 1. The fourth-order valence-corrected chi connectivity index (χ4v) is 4.74. The van der Waals surface area contributed by atoms with Gasteiger partial charge in [-0.3, -0.25) is 4.79 Å². The van der Waals surface area contributed by atoms with Crippen LogP contribution in [0.2, 0.25) is 5.02 Å². The Hall–Kier alpha value is -2.28. The van der Waals surface area contributed by atoms with E-state index in [2.05, 4.69) is 10.3 Å². The van der Waals surface area contributed by atoms with Crippen LogP contribution in [0.1, 0.15) is 70.8 Å². The van der Waals surface area contributed by atoms with Crippen LogP contribution >= 0.6 is 11.6 Å². The van der Waals surface area contributed by atoms with Gasteiger partial charge in [0.15, 0.2) is 0 Å². The van der Waals surface area contributed by atoms with E-state index in [0.717, 1.165) is 67.9 Å². The molecule has 1 aliphatic rings. The molecule has 0 spiro atoms. The van der Waals surface area contributed by atoms with Gasteiger partial charge in [-0.25, -0.2) is 4.98 Å². The monoisotopic (exact) mass is 453 g/mol. The molecule has 1 amide bonds. The first-order valence-corrected chi connectivity index (χ1v) is 10.8. The van der Waals surface area contributed by atoms with Crippen LogP contribution in [-0.2, 0) is 6.18 Å². The number of rotatable bonds is 6. The van der Waals surface area contributed by atoms with Gasteiger partial charge in [0.2, 0.25) is 5.91 Å². The van der Waals surface area contributed by atoms with Gasteiger partial charge in [-0.05, 0) is 93.2 Å². The first-order valence-electron chi connectivity index (χ1n) is 10.4. The Labute approximate surface area is 185 Å². The Bertz CT molecular complexity index is 934. The number of alkyl halides is 3. The maximum Gasteiger partial charge on any atom is 0.416 e. The van der Waals surface area contributed by atoms with Crippen molar-refractivity contribution in [2.75, 3.05) is 11.9 Å². The van der Waals surface area contributed by atoms with Crippen LogP contribution in [0.3, 0.4) is 0 Å². The molecule has 1 fully saturated rings. The highest BCUT2D eigenvalue weighted by Crippen LogP contribution is 2.43. The summed E-state index contributed by atoms with van der Waals surface area (Å²) in [6, 6.07) is 5.85. The molecular formula is C23H27ClF3N3O. The number of carbonyl (C=O) groups excluding carboxylic acids is 1. The third-order valence-electron chi connectivity index (χ3n) is 5.94. The Kier molecular flexibility index (Phi) is 7.14. The second kappa shape index (κ2) is 9.47. The third kappa shape index (κ3) is 5.91. The van der Waals surface area contributed by atoms with Crippen molar-refractivity contribution in [2.24, 2.45) is 11.7 Å². The van der Waals surface area contributed by atoms with Crippen molar-refractivity contribution >= 4 is 23.3 Å². The molecule has 0 radical (unpaired) electrons. The van der Waals surface area contributed by atoms with Crippen LogP contribution in [0.25, 0.3) is 0 Å². The number of pyridine rings is 1. The van der Waals surface area contributed by atoms with Crippen molar-refractivity contribution in [1.29, 1.82) is 0 Å². The minimum Gasteiger partial charge on any atom is -0.370 e. The van der Waals surface area contributed by atoms with Gasteiger partial charge >= 0.3 is 6.18 Å². The summed E-state index contributed by atoms with van der Waals surface area (Å²) in [4.78, 5) is 16.1. The highest BCUT2D eigenvalue weighted by molar-refractivity contribution is 6.34. The zero-order chi connectivity index (χ0) is 22.8. The lowest BCUT2D eigenvalue weighted by Crippen LogP contribution is -2.19. The molecule has 0 unspecified atom stereocenters. The molecule has 168 valence electrons. The maximum absolute atomic E-state index is 13.3. The molecule has 3 rings (SSSR count). The Morgan fingerprint density at radius 3 is 2.42 bits per heavy atom. The van der Waals surface area contributed by atoms with E-state index in [-0.39, 0.29) is 16.5 Å². The summed E-state index contributed by atoms with van der Waals surface area (Å²) in [6.45, 7) is 4.78. The summed E-state index contributed by atoms with van der Waals surface area (Å²) < 4.78 is 39.9. The van der Waals surface area contributed by atoms with Crippen LogP contribution in [0.5, 0.6) is 0 Å². The van der Waals surface area contributed by atoms with Gasteiger partial charge in [0.1, 0.15) is 5.82 Å². The molecule has 0 atom stereocenters. The normalized spacial score (nSPS) is 19.3. The lowest BCUT2D eigenvalue weighted by atomic mass is 9.77. The predicted molar refractivity (Wildman–Crippen MR) is 116 cm³/mol. The van der Waals surface area contributed by atoms with Crippen LogP contribution < -0.4 is 11.1 Å². The standard InChI is InChI=1S/C23H27ClF3N3O/c1-13-9-14(2)30-20(10-13)29-8-7-15-3-5-16(6-4-15)18-11-17(23(25,26)27)12-19(21(18)24)22(28)31/h9-12,15-16H,3-8H2,1-2H3,(H2,28,31)(H,29,30). The first kappa shape index (κ1) is 23.4. The molecular weight excluding hydrogens is 427 g/mol. The molecule has 1 aromatic heterocycles. The number of primary amides is 1.